The number of rotatable bonds is 14. The SMILES string of the molecule is C=CCCCOC(=O)[C@@H]1[C@H]2C(=O)N([C@@H](CO)[C@@H](C)CC)C(C(=O)N(CC=C)Cc3ccccc3)C23CC[C@H]1S3. The molecule has 0 aromatic heterocycles. The second-order valence-corrected chi connectivity index (χ2v) is 12.6. The van der Waals surface area contributed by atoms with Crippen molar-refractivity contribution in [3.8, 4) is 0 Å². The number of unbranched alkanes of at least 4 members (excludes halogenated alkanes) is 1. The molecule has 39 heavy (non-hydrogen) atoms. The highest BCUT2D eigenvalue weighted by Crippen LogP contribution is 2.67. The van der Waals surface area contributed by atoms with Crippen LogP contribution in [0.3, 0.4) is 0 Å². The summed E-state index contributed by atoms with van der Waals surface area (Å²) in [4.78, 5) is 45.7. The normalized spacial score (nSPS) is 28.6. The minimum Gasteiger partial charge on any atom is -0.465 e. The summed E-state index contributed by atoms with van der Waals surface area (Å²) in [6.07, 6.45) is 7.12. The largest absolute Gasteiger partial charge is 0.465 e. The standard InChI is InChI=1S/C31H42N2O5S/c1-5-8-12-18-38-30(37)25-24-15-16-31(39-24)26(25)28(35)33(23(20-34)21(4)7-3)27(31)29(36)32(17-6-2)19-22-13-10-9-11-14-22/h5-6,9-11,13-14,21,23-27,34H,1-2,7-8,12,15-20H2,3-4H3/t21-,23-,24+,25-,26-,27?,31?/m0/s1. The van der Waals surface area contributed by atoms with Crippen molar-refractivity contribution in [1.82, 2.24) is 9.80 Å². The number of aliphatic hydroxyl groups is 1. The third kappa shape index (κ3) is 5.42. The second kappa shape index (κ2) is 12.7. The van der Waals surface area contributed by atoms with Crippen molar-refractivity contribution in [3.63, 3.8) is 0 Å². The first-order valence-corrected chi connectivity index (χ1v) is 15.0. The van der Waals surface area contributed by atoms with Gasteiger partial charge in [-0.15, -0.1) is 24.9 Å². The number of likely N-dealkylation sites (tertiary alicyclic amines) is 1. The number of esters is 1. The Kier molecular flexibility index (Phi) is 9.60. The summed E-state index contributed by atoms with van der Waals surface area (Å²) in [6.45, 7) is 12.4. The lowest BCUT2D eigenvalue weighted by molar-refractivity contribution is -0.155. The molecule has 8 heteroatoms. The molecule has 0 aliphatic carbocycles. The predicted molar refractivity (Wildman–Crippen MR) is 154 cm³/mol. The van der Waals surface area contributed by atoms with Crippen LogP contribution < -0.4 is 0 Å². The van der Waals surface area contributed by atoms with Crippen molar-refractivity contribution < 1.29 is 24.2 Å². The number of carbonyl (C=O) groups is 3. The fraction of sp³-hybridized carbons (Fsp3) is 0.581. The van der Waals surface area contributed by atoms with Gasteiger partial charge in [-0.2, -0.15) is 0 Å². The molecule has 0 saturated carbocycles. The van der Waals surface area contributed by atoms with Gasteiger partial charge < -0.3 is 19.6 Å². The van der Waals surface area contributed by atoms with Gasteiger partial charge in [0.25, 0.3) is 0 Å². The van der Waals surface area contributed by atoms with Crippen LogP contribution >= 0.6 is 11.8 Å². The van der Waals surface area contributed by atoms with Gasteiger partial charge in [0.05, 0.1) is 35.8 Å². The van der Waals surface area contributed by atoms with Crippen LogP contribution in [-0.2, 0) is 25.7 Å². The number of hydrogen-bond donors (Lipinski definition) is 1. The van der Waals surface area contributed by atoms with E-state index in [4.69, 9.17) is 4.74 Å². The second-order valence-electron chi connectivity index (χ2n) is 11.0. The fourth-order valence-electron chi connectivity index (χ4n) is 6.67. The van der Waals surface area contributed by atoms with Crippen LogP contribution in [0.25, 0.3) is 0 Å². The summed E-state index contributed by atoms with van der Waals surface area (Å²) in [6, 6.07) is 8.50. The third-order valence-electron chi connectivity index (χ3n) is 8.76. The number of aliphatic hydroxyl groups excluding tert-OH is 1. The van der Waals surface area contributed by atoms with Gasteiger partial charge in [0.15, 0.2) is 0 Å². The van der Waals surface area contributed by atoms with Crippen LogP contribution in [0, 0.1) is 17.8 Å². The summed E-state index contributed by atoms with van der Waals surface area (Å²) < 4.78 is 4.93. The van der Waals surface area contributed by atoms with Gasteiger partial charge in [0.1, 0.15) is 6.04 Å². The van der Waals surface area contributed by atoms with E-state index in [0.717, 1.165) is 24.8 Å². The Morgan fingerprint density at radius 3 is 2.67 bits per heavy atom. The lowest BCUT2D eigenvalue weighted by Crippen LogP contribution is -2.58. The molecule has 7 nitrogen and oxygen atoms in total. The highest BCUT2D eigenvalue weighted by Gasteiger charge is 2.75. The molecule has 3 aliphatic rings. The van der Waals surface area contributed by atoms with E-state index in [-0.39, 0.29) is 42.2 Å². The lowest BCUT2D eigenvalue weighted by Gasteiger charge is -2.41. The van der Waals surface area contributed by atoms with Crippen molar-refractivity contribution in [3.05, 3.63) is 61.2 Å². The zero-order valence-electron chi connectivity index (χ0n) is 23.2. The van der Waals surface area contributed by atoms with Gasteiger partial charge in [-0.3, -0.25) is 14.4 Å². The Morgan fingerprint density at radius 1 is 1.28 bits per heavy atom. The summed E-state index contributed by atoms with van der Waals surface area (Å²) in [5.41, 5.74) is 0.989. The van der Waals surface area contributed by atoms with Crippen molar-refractivity contribution in [2.45, 2.75) is 74.6 Å². The van der Waals surface area contributed by atoms with Crippen LogP contribution in [-0.4, -0.2) is 74.5 Å². The van der Waals surface area contributed by atoms with E-state index in [1.807, 2.05) is 44.2 Å². The molecule has 3 aliphatic heterocycles. The number of benzene rings is 1. The monoisotopic (exact) mass is 554 g/mol. The van der Waals surface area contributed by atoms with Gasteiger partial charge in [-0.25, -0.2) is 0 Å². The molecular weight excluding hydrogens is 512 g/mol. The number of allylic oxidation sites excluding steroid dienone is 1. The van der Waals surface area contributed by atoms with Crippen molar-refractivity contribution in [2.75, 3.05) is 19.8 Å². The summed E-state index contributed by atoms with van der Waals surface area (Å²) in [5, 5.41) is 10.5. The number of nitrogens with zero attached hydrogens (tertiary/aromatic N) is 2. The Balaban J connectivity index is 1.72. The molecule has 3 fully saturated rings. The summed E-state index contributed by atoms with van der Waals surface area (Å²) >= 11 is 1.63. The maximum Gasteiger partial charge on any atom is 0.310 e. The number of amides is 2. The highest BCUT2D eigenvalue weighted by atomic mass is 32.2. The van der Waals surface area contributed by atoms with Crippen molar-refractivity contribution in [2.24, 2.45) is 17.8 Å². The zero-order chi connectivity index (χ0) is 28.2. The van der Waals surface area contributed by atoms with Crippen LogP contribution in [0.2, 0.25) is 0 Å². The van der Waals surface area contributed by atoms with E-state index in [0.29, 0.717) is 25.9 Å². The van der Waals surface area contributed by atoms with Crippen LogP contribution in [0.1, 0.15) is 51.5 Å². The topological polar surface area (TPSA) is 87.1 Å². The molecule has 212 valence electrons. The lowest BCUT2D eigenvalue weighted by atomic mass is 9.71. The average molecular weight is 555 g/mol. The Hall–Kier alpha value is -2.58. The maximum absolute atomic E-state index is 14.5. The molecule has 3 saturated heterocycles. The van der Waals surface area contributed by atoms with Crippen LogP contribution in [0.15, 0.2) is 55.6 Å². The maximum atomic E-state index is 14.5. The molecule has 2 unspecified atom stereocenters. The number of ether oxygens (including phenoxy) is 1. The highest BCUT2D eigenvalue weighted by molar-refractivity contribution is 8.02. The molecule has 1 N–H and O–H groups in total. The molecule has 0 radical (unpaired) electrons. The van der Waals surface area contributed by atoms with Gasteiger partial charge in [0.2, 0.25) is 11.8 Å². The molecule has 2 bridgehead atoms. The molecular formula is C31H42N2O5S. The van der Waals surface area contributed by atoms with Gasteiger partial charge in [-0.05, 0) is 37.2 Å². The van der Waals surface area contributed by atoms with Crippen LogP contribution in [0.4, 0.5) is 0 Å². The van der Waals surface area contributed by atoms with Gasteiger partial charge in [0, 0.05) is 18.3 Å². The van der Waals surface area contributed by atoms with E-state index in [2.05, 4.69) is 13.2 Å². The smallest absolute Gasteiger partial charge is 0.310 e. The van der Waals surface area contributed by atoms with E-state index in [9.17, 15) is 19.5 Å². The minimum atomic E-state index is -0.765. The quantitative estimate of drug-likeness (QED) is 0.211. The number of hydrogen-bond acceptors (Lipinski definition) is 6. The molecule has 3 heterocycles. The fourth-order valence-corrected chi connectivity index (χ4v) is 8.86. The Labute approximate surface area is 236 Å². The molecule has 1 aromatic rings. The number of thioether (sulfide) groups is 1. The first-order chi connectivity index (χ1) is 18.8. The minimum absolute atomic E-state index is 0.0158. The Bertz CT molecular complexity index is 1060. The van der Waals surface area contributed by atoms with Crippen molar-refractivity contribution in [1.29, 1.82) is 0 Å². The zero-order valence-corrected chi connectivity index (χ0v) is 24.0. The van der Waals surface area contributed by atoms with E-state index >= 15 is 0 Å². The summed E-state index contributed by atoms with van der Waals surface area (Å²) in [7, 11) is 0. The first-order valence-electron chi connectivity index (χ1n) is 14.2. The molecule has 1 spiro atoms. The van der Waals surface area contributed by atoms with E-state index in [1.54, 1.807) is 33.7 Å². The predicted octanol–water partition coefficient (Wildman–Crippen LogP) is 4.21. The average Bonchev–Trinajstić information content (AvgIpc) is 3.59. The van der Waals surface area contributed by atoms with Gasteiger partial charge >= 0.3 is 5.97 Å². The third-order valence-corrected chi connectivity index (χ3v) is 10.7. The molecule has 7 atom stereocenters. The number of fused-ring (bicyclic) bond motifs is 1. The van der Waals surface area contributed by atoms with Crippen molar-refractivity contribution >= 4 is 29.5 Å². The summed E-state index contributed by atoms with van der Waals surface area (Å²) in [5.74, 6) is -1.93. The molecule has 4 rings (SSSR count). The molecule has 2 amide bonds. The Morgan fingerprint density at radius 2 is 2.03 bits per heavy atom. The first kappa shape index (κ1) is 29.4. The number of carbonyl (C=O) groups excluding carboxylic acids is 3. The van der Waals surface area contributed by atoms with E-state index < -0.39 is 28.7 Å². The van der Waals surface area contributed by atoms with E-state index in [1.165, 1.54) is 0 Å². The molecule has 1 aromatic carbocycles. The van der Waals surface area contributed by atoms with Gasteiger partial charge in [-0.1, -0.05) is 62.8 Å². The van der Waals surface area contributed by atoms with Crippen LogP contribution in [0.5, 0.6) is 0 Å².